The molecule has 0 radical (unpaired) electrons. The summed E-state index contributed by atoms with van der Waals surface area (Å²) in [5.41, 5.74) is 0.605. The van der Waals surface area contributed by atoms with Crippen molar-refractivity contribution >= 4 is 28.4 Å². The summed E-state index contributed by atoms with van der Waals surface area (Å²) in [5.74, 6) is 1.26. The lowest BCUT2D eigenvalue weighted by Crippen LogP contribution is -2.06. The molecule has 0 fully saturated rings. The maximum absolute atomic E-state index is 13.0. The van der Waals surface area contributed by atoms with Gasteiger partial charge in [-0.2, -0.15) is 23.4 Å². The molecule has 32 heavy (non-hydrogen) atoms. The van der Waals surface area contributed by atoms with Crippen LogP contribution in [0, 0.1) is 0 Å². The van der Waals surface area contributed by atoms with Gasteiger partial charge in [0.05, 0.1) is 17.3 Å². The molecule has 5 rings (SSSR count). The number of aryl methyl sites for hydroxylation is 2. The number of rotatable bonds is 5. The van der Waals surface area contributed by atoms with Crippen LogP contribution in [0.2, 0.25) is 0 Å². The van der Waals surface area contributed by atoms with Crippen molar-refractivity contribution < 1.29 is 13.2 Å². The van der Waals surface area contributed by atoms with Crippen molar-refractivity contribution in [3.63, 3.8) is 0 Å². The van der Waals surface area contributed by atoms with E-state index in [1.165, 1.54) is 18.8 Å². The van der Waals surface area contributed by atoms with Crippen molar-refractivity contribution in [3.05, 3.63) is 30.1 Å². The molecule has 0 aromatic carbocycles. The normalized spacial score (nSPS) is 12.4. The first-order valence-electron chi connectivity index (χ1n) is 9.45. The molecule has 0 aliphatic rings. The molecule has 0 aliphatic carbocycles. The highest BCUT2D eigenvalue weighted by atomic mass is 32.2. The largest absolute Gasteiger partial charge is 0.435 e. The Morgan fingerprint density at radius 3 is 2.59 bits per heavy atom. The third-order valence-electron chi connectivity index (χ3n) is 4.88. The van der Waals surface area contributed by atoms with E-state index in [0.717, 1.165) is 16.1 Å². The second kappa shape index (κ2) is 7.29. The van der Waals surface area contributed by atoms with Crippen molar-refractivity contribution in [2.45, 2.75) is 30.6 Å². The Hall–Kier alpha value is -3.49. The molecule has 0 N–H and O–H groups in total. The van der Waals surface area contributed by atoms with Gasteiger partial charge in [-0.3, -0.25) is 9.36 Å². The van der Waals surface area contributed by atoms with E-state index in [1.54, 1.807) is 33.3 Å². The van der Waals surface area contributed by atoms with E-state index in [-0.39, 0.29) is 5.69 Å². The second-order valence-electron chi connectivity index (χ2n) is 6.92. The quantitative estimate of drug-likeness (QED) is 0.366. The topological polar surface area (TPSA) is 109 Å². The minimum absolute atomic E-state index is 0.231. The van der Waals surface area contributed by atoms with E-state index < -0.39 is 11.9 Å². The second-order valence-corrected chi connectivity index (χ2v) is 7.86. The third-order valence-corrected chi connectivity index (χ3v) is 5.84. The minimum atomic E-state index is -4.53. The van der Waals surface area contributed by atoms with E-state index >= 15 is 0 Å². The molecule has 0 spiro atoms. The highest BCUT2D eigenvalue weighted by Crippen LogP contribution is 2.32. The van der Waals surface area contributed by atoms with Gasteiger partial charge in [-0.1, -0.05) is 11.8 Å². The van der Waals surface area contributed by atoms with Crippen molar-refractivity contribution in [2.24, 2.45) is 14.1 Å². The average molecular weight is 463 g/mol. The lowest BCUT2D eigenvalue weighted by atomic mass is 10.3. The minimum Gasteiger partial charge on any atom is -0.301 e. The Kier molecular flexibility index (Phi) is 4.65. The molecule has 0 atom stereocenters. The van der Waals surface area contributed by atoms with Crippen LogP contribution in [0.3, 0.4) is 0 Å². The number of thioether (sulfide) groups is 1. The van der Waals surface area contributed by atoms with Gasteiger partial charge in [-0.15, -0.1) is 15.3 Å². The van der Waals surface area contributed by atoms with Gasteiger partial charge < -0.3 is 4.57 Å². The van der Waals surface area contributed by atoms with Gasteiger partial charge in [0, 0.05) is 20.6 Å². The van der Waals surface area contributed by atoms with Gasteiger partial charge >= 0.3 is 6.18 Å². The van der Waals surface area contributed by atoms with Crippen LogP contribution in [-0.4, -0.2) is 53.9 Å². The van der Waals surface area contributed by atoms with Crippen LogP contribution >= 0.6 is 11.8 Å². The van der Waals surface area contributed by atoms with Crippen LogP contribution in [0.4, 0.5) is 13.2 Å². The number of nitrogens with zero attached hydrogens (tertiary/aromatic N) is 11. The monoisotopic (exact) mass is 463 g/mol. The summed E-state index contributed by atoms with van der Waals surface area (Å²) in [6.07, 6.45) is -1.27. The van der Waals surface area contributed by atoms with Crippen molar-refractivity contribution in [1.29, 1.82) is 0 Å². The van der Waals surface area contributed by atoms with E-state index in [1.807, 2.05) is 6.92 Å². The third kappa shape index (κ3) is 3.28. The first kappa shape index (κ1) is 20.4. The number of halogens is 3. The molecule has 0 aliphatic heterocycles. The van der Waals surface area contributed by atoms with Gasteiger partial charge in [-0.05, 0) is 13.0 Å². The number of hydrogen-bond donors (Lipinski definition) is 0. The van der Waals surface area contributed by atoms with Crippen LogP contribution in [-0.2, 0) is 32.6 Å². The summed E-state index contributed by atoms with van der Waals surface area (Å²) in [5, 5.41) is 21.8. The fourth-order valence-electron chi connectivity index (χ4n) is 3.36. The van der Waals surface area contributed by atoms with Crippen LogP contribution in [0.5, 0.6) is 0 Å². The van der Waals surface area contributed by atoms with Gasteiger partial charge in [0.15, 0.2) is 33.8 Å². The molecule has 15 heteroatoms. The Bertz CT molecular complexity index is 1440. The molecule has 5 aromatic rings. The molecule has 0 saturated heterocycles. The predicted octanol–water partition coefficient (Wildman–Crippen LogP) is 2.33. The first-order chi connectivity index (χ1) is 15.3. The van der Waals surface area contributed by atoms with Crippen LogP contribution < -0.4 is 0 Å². The van der Waals surface area contributed by atoms with E-state index in [2.05, 4.69) is 35.5 Å². The molecule has 0 unspecified atom stereocenters. The molecular formula is C17H16F3N11S. The van der Waals surface area contributed by atoms with Gasteiger partial charge in [0.1, 0.15) is 12.0 Å². The Balaban J connectivity index is 1.43. The van der Waals surface area contributed by atoms with Gasteiger partial charge in [0.2, 0.25) is 0 Å². The molecule has 5 heterocycles. The molecule has 11 nitrogen and oxygen atoms in total. The summed E-state index contributed by atoms with van der Waals surface area (Å²) in [4.78, 5) is 8.91. The molecular weight excluding hydrogens is 447 g/mol. The summed E-state index contributed by atoms with van der Waals surface area (Å²) in [6, 6.07) is 0.973. The number of aromatic nitrogens is 11. The van der Waals surface area contributed by atoms with Crippen LogP contribution in [0.25, 0.3) is 28.2 Å². The summed E-state index contributed by atoms with van der Waals surface area (Å²) in [6.45, 7) is 2.34. The molecule has 5 aromatic heterocycles. The fourth-order valence-corrected chi connectivity index (χ4v) is 4.21. The number of alkyl halides is 3. The van der Waals surface area contributed by atoms with E-state index in [9.17, 15) is 13.2 Å². The van der Waals surface area contributed by atoms with Gasteiger partial charge in [0.25, 0.3) is 0 Å². The lowest BCUT2D eigenvalue weighted by molar-refractivity contribution is -0.141. The Morgan fingerprint density at radius 1 is 1.06 bits per heavy atom. The molecule has 0 saturated carbocycles. The zero-order chi connectivity index (χ0) is 22.6. The Labute approximate surface area is 182 Å². The molecule has 0 amide bonds. The number of fused-ring (bicyclic) bond motifs is 3. The summed E-state index contributed by atoms with van der Waals surface area (Å²) >= 11 is 1.34. The van der Waals surface area contributed by atoms with E-state index in [4.69, 9.17) is 0 Å². The zero-order valence-corrected chi connectivity index (χ0v) is 17.9. The van der Waals surface area contributed by atoms with Gasteiger partial charge in [-0.25, -0.2) is 14.5 Å². The average Bonchev–Trinajstić information content (AvgIpc) is 3.49. The van der Waals surface area contributed by atoms with E-state index in [0.29, 0.717) is 40.4 Å². The zero-order valence-electron chi connectivity index (χ0n) is 17.1. The molecule has 166 valence electrons. The summed E-state index contributed by atoms with van der Waals surface area (Å²) < 4.78 is 45.2. The highest BCUT2D eigenvalue weighted by molar-refractivity contribution is 7.98. The van der Waals surface area contributed by atoms with Crippen LogP contribution in [0.1, 0.15) is 18.4 Å². The lowest BCUT2D eigenvalue weighted by Gasteiger charge is -2.06. The van der Waals surface area contributed by atoms with Crippen molar-refractivity contribution in [2.75, 3.05) is 0 Å². The Morgan fingerprint density at radius 2 is 1.88 bits per heavy atom. The number of hydrogen-bond acceptors (Lipinski definition) is 8. The first-order valence-corrected chi connectivity index (χ1v) is 10.4. The summed E-state index contributed by atoms with van der Waals surface area (Å²) in [7, 11) is 3.24. The van der Waals surface area contributed by atoms with Crippen LogP contribution in [0.15, 0.2) is 23.7 Å². The standard InChI is InChI=1S/C17H16F3N11S/c1-4-30-15(10-5-11(17(18,19)20)26-28(10)2)24-25-16(30)32-7-12-23-14-9-6-22-29(3)13(9)21-8-31(14)27-12/h5-6,8H,4,7H2,1-3H3. The SMILES string of the molecule is CCn1c(SCc2nc3c4cnn(C)c4ncn3n2)nnc1-c1cc(C(F)(F)F)nn1C. The smallest absolute Gasteiger partial charge is 0.301 e. The maximum atomic E-state index is 13.0. The molecule has 0 bridgehead atoms. The van der Waals surface area contributed by atoms with Crippen molar-refractivity contribution in [1.82, 2.24) is 53.9 Å². The predicted molar refractivity (Wildman–Crippen MR) is 108 cm³/mol. The van der Waals surface area contributed by atoms with Crippen molar-refractivity contribution in [3.8, 4) is 11.5 Å². The fraction of sp³-hybridized carbons (Fsp3) is 0.353. The maximum Gasteiger partial charge on any atom is 0.435 e. The highest BCUT2D eigenvalue weighted by Gasteiger charge is 2.35.